The summed E-state index contributed by atoms with van der Waals surface area (Å²) in [5, 5.41) is 0. The average molecular weight is 270 g/mol. The van der Waals surface area contributed by atoms with Crippen molar-refractivity contribution in [2.45, 2.75) is 52.4 Å². The minimum Gasteiger partial charge on any atom is -0.467 e. The van der Waals surface area contributed by atoms with E-state index in [9.17, 15) is 0 Å². The van der Waals surface area contributed by atoms with E-state index >= 15 is 0 Å². The first-order chi connectivity index (χ1) is 9.20. The lowest BCUT2D eigenvalue weighted by molar-refractivity contribution is 0.112. The number of unbranched alkanes of at least 4 members (excludes halogenated alkanes) is 2. The van der Waals surface area contributed by atoms with E-state index in [1.165, 1.54) is 0 Å². The molecule has 3 nitrogen and oxygen atoms in total. The summed E-state index contributed by atoms with van der Waals surface area (Å²) >= 11 is 0. The van der Waals surface area contributed by atoms with Gasteiger partial charge in [0.2, 0.25) is 0 Å². The largest absolute Gasteiger partial charge is 0.467 e. The summed E-state index contributed by atoms with van der Waals surface area (Å²) in [6, 6.07) is 0. The highest BCUT2D eigenvalue weighted by Crippen LogP contribution is 2.10. The van der Waals surface area contributed by atoms with Crippen LogP contribution >= 0.6 is 0 Å². The van der Waals surface area contributed by atoms with Gasteiger partial charge >= 0.3 is 0 Å². The molecule has 0 heterocycles. The number of hydrogen-bond donors (Lipinski definition) is 0. The summed E-state index contributed by atoms with van der Waals surface area (Å²) in [4.78, 5) is 0. The first kappa shape index (κ1) is 18.2. The molecule has 0 aromatic rings. The topological polar surface area (TPSA) is 27.7 Å². The van der Waals surface area contributed by atoms with Crippen LogP contribution in [-0.2, 0) is 14.2 Å². The van der Waals surface area contributed by atoms with Gasteiger partial charge in [0.05, 0.1) is 24.7 Å². The van der Waals surface area contributed by atoms with Crippen LogP contribution in [0.25, 0.3) is 0 Å². The molecule has 19 heavy (non-hydrogen) atoms. The Balaban J connectivity index is 3.40. The van der Waals surface area contributed by atoms with Crippen molar-refractivity contribution in [3.05, 3.63) is 24.7 Å². The van der Waals surface area contributed by atoms with Gasteiger partial charge in [0.1, 0.15) is 0 Å². The molecule has 112 valence electrons. The highest BCUT2D eigenvalue weighted by Gasteiger charge is 2.00. The van der Waals surface area contributed by atoms with Crippen LogP contribution in [0.1, 0.15) is 52.4 Å². The normalized spacial score (nSPS) is 10.4. The smallest absolute Gasteiger partial charge is 0.0987 e. The Morgan fingerprint density at radius 3 is 1.53 bits per heavy atom. The van der Waals surface area contributed by atoms with Crippen LogP contribution in [0.15, 0.2) is 24.7 Å². The molecule has 0 aromatic carbocycles. The van der Waals surface area contributed by atoms with E-state index in [0.717, 1.165) is 63.3 Å². The molecule has 0 saturated carbocycles. The minimum absolute atomic E-state index is 0.666. The van der Waals surface area contributed by atoms with Crippen LogP contribution in [0.2, 0.25) is 0 Å². The van der Waals surface area contributed by atoms with E-state index in [0.29, 0.717) is 13.2 Å². The zero-order valence-electron chi connectivity index (χ0n) is 12.7. The van der Waals surface area contributed by atoms with Crippen LogP contribution < -0.4 is 0 Å². The Kier molecular flexibility index (Phi) is 13.1. The van der Waals surface area contributed by atoms with Crippen molar-refractivity contribution in [3.63, 3.8) is 0 Å². The lowest BCUT2D eigenvalue weighted by Crippen LogP contribution is -2.02. The molecule has 0 bridgehead atoms. The molecule has 0 rings (SSSR count). The van der Waals surface area contributed by atoms with Crippen molar-refractivity contribution in [2.24, 2.45) is 0 Å². The van der Waals surface area contributed by atoms with Crippen molar-refractivity contribution in [2.75, 3.05) is 26.4 Å². The van der Waals surface area contributed by atoms with E-state index in [1.807, 2.05) is 0 Å². The van der Waals surface area contributed by atoms with Gasteiger partial charge in [0.15, 0.2) is 0 Å². The molecule has 0 aromatic heterocycles. The van der Waals surface area contributed by atoms with Gasteiger partial charge in [-0.1, -0.05) is 39.8 Å². The van der Waals surface area contributed by atoms with E-state index in [1.54, 1.807) is 0 Å². The average Bonchev–Trinajstić information content (AvgIpc) is 2.38. The summed E-state index contributed by atoms with van der Waals surface area (Å²) in [5.41, 5.74) is 0. The Morgan fingerprint density at radius 2 is 1.16 bits per heavy atom. The third-order valence-electron chi connectivity index (χ3n) is 2.62. The summed E-state index contributed by atoms with van der Waals surface area (Å²) in [6.07, 6.45) is 5.97. The second kappa shape index (κ2) is 13.6. The number of rotatable bonds is 14. The predicted octanol–water partition coefficient (Wildman–Crippen LogP) is 4.44. The van der Waals surface area contributed by atoms with Crippen molar-refractivity contribution in [1.29, 1.82) is 0 Å². The van der Waals surface area contributed by atoms with Crippen molar-refractivity contribution >= 4 is 0 Å². The molecular formula is C16H30O3. The van der Waals surface area contributed by atoms with Gasteiger partial charge < -0.3 is 14.2 Å². The summed E-state index contributed by atoms with van der Waals surface area (Å²) in [6.45, 7) is 15.0. The Hall–Kier alpha value is -0.800. The molecule has 0 aliphatic heterocycles. The summed E-state index contributed by atoms with van der Waals surface area (Å²) in [5.74, 6) is 1.44. The summed E-state index contributed by atoms with van der Waals surface area (Å²) in [7, 11) is 0. The van der Waals surface area contributed by atoms with Crippen molar-refractivity contribution in [1.82, 2.24) is 0 Å². The van der Waals surface area contributed by atoms with Crippen LogP contribution in [0.5, 0.6) is 0 Å². The van der Waals surface area contributed by atoms with E-state index in [2.05, 4.69) is 27.0 Å². The maximum Gasteiger partial charge on any atom is 0.0987 e. The third-order valence-corrected chi connectivity index (χ3v) is 2.62. The fourth-order valence-corrected chi connectivity index (χ4v) is 1.38. The molecule has 0 atom stereocenters. The fourth-order valence-electron chi connectivity index (χ4n) is 1.38. The first-order valence-corrected chi connectivity index (χ1v) is 7.39. The van der Waals surface area contributed by atoms with E-state index in [-0.39, 0.29) is 0 Å². The molecule has 0 fully saturated rings. The molecule has 0 unspecified atom stereocenters. The molecular weight excluding hydrogens is 240 g/mol. The highest BCUT2D eigenvalue weighted by molar-refractivity contribution is 4.93. The van der Waals surface area contributed by atoms with Gasteiger partial charge in [-0.2, -0.15) is 0 Å². The fraction of sp³-hybridized carbons (Fsp3) is 0.750. The Labute approximate surface area is 118 Å². The maximum atomic E-state index is 5.51. The Morgan fingerprint density at radius 1 is 0.737 bits per heavy atom. The van der Waals surface area contributed by atoms with Gasteiger partial charge in [-0.25, -0.2) is 0 Å². The van der Waals surface area contributed by atoms with Gasteiger partial charge in [0, 0.05) is 26.1 Å². The van der Waals surface area contributed by atoms with Crippen LogP contribution in [0, 0.1) is 0 Å². The molecule has 0 radical (unpaired) electrons. The van der Waals surface area contributed by atoms with E-state index < -0.39 is 0 Å². The molecule has 0 aliphatic rings. The molecule has 3 heteroatoms. The monoisotopic (exact) mass is 270 g/mol. The lowest BCUT2D eigenvalue weighted by Gasteiger charge is -2.11. The molecule has 0 amide bonds. The third kappa shape index (κ3) is 13.4. The SMILES string of the molecule is C=C(CCOCCCC)OC(=C)CCOCCCC. The second-order valence-electron chi connectivity index (χ2n) is 4.61. The number of ether oxygens (including phenoxy) is 3. The van der Waals surface area contributed by atoms with Gasteiger partial charge in [-0.05, 0) is 12.8 Å². The molecule has 0 spiro atoms. The quantitative estimate of drug-likeness (QED) is 0.345. The number of hydrogen-bond acceptors (Lipinski definition) is 3. The van der Waals surface area contributed by atoms with Gasteiger partial charge in [-0.15, -0.1) is 0 Å². The van der Waals surface area contributed by atoms with Crippen LogP contribution in [-0.4, -0.2) is 26.4 Å². The molecule has 0 aliphatic carbocycles. The summed E-state index contributed by atoms with van der Waals surface area (Å²) < 4.78 is 16.4. The molecule has 0 N–H and O–H groups in total. The maximum absolute atomic E-state index is 5.51. The van der Waals surface area contributed by atoms with Gasteiger partial charge in [0.25, 0.3) is 0 Å². The zero-order chi connectivity index (χ0) is 14.3. The Bertz CT molecular complexity index is 212. The minimum atomic E-state index is 0.666. The van der Waals surface area contributed by atoms with Crippen molar-refractivity contribution in [3.8, 4) is 0 Å². The first-order valence-electron chi connectivity index (χ1n) is 7.39. The van der Waals surface area contributed by atoms with E-state index in [4.69, 9.17) is 14.2 Å². The highest BCUT2D eigenvalue weighted by atomic mass is 16.5. The van der Waals surface area contributed by atoms with Crippen LogP contribution in [0.4, 0.5) is 0 Å². The van der Waals surface area contributed by atoms with Gasteiger partial charge in [-0.3, -0.25) is 0 Å². The van der Waals surface area contributed by atoms with Crippen molar-refractivity contribution < 1.29 is 14.2 Å². The predicted molar refractivity (Wildman–Crippen MR) is 80.1 cm³/mol. The second-order valence-corrected chi connectivity index (χ2v) is 4.61. The zero-order valence-corrected chi connectivity index (χ0v) is 12.7. The standard InChI is InChI=1S/C16H30O3/c1-5-7-11-17-13-9-15(3)19-16(4)10-14-18-12-8-6-2/h3-14H2,1-2H3. The lowest BCUT2D eigenvalue weighted by atomic mass is 10.3. The molecule has 0 saturated heterocycles. The van der Waals surface area contributed by atoms with Crippen LogP contribution in [0.3, 0.4) is 0 Å².